The van der Waals surface area contributed by atoms with Gasteiger partial charge in [0.1, 0.15) is 5.75 Å². The van der Waals surface area contributed by atoms with Gasteiger partial charge in [-0.1, -0.05) is 42.0 Å². The molecule has 0 aliphatic heterocycles. The molecule has 0 aliphatic rings. The van der Waals surface area contributed by atoms with Crippen LogP contribution in [-0.4, -0.2) is 36.4 Å². The van der Waals surface area contributed by atoms with Crippen molar-refractivity contribution in [2.24, 2.45) is 0 Å². The lowest BCUT2D eigenvalue weighted by molar-refractivity contribution is -0.122. The summed E-state index contributed by atoms with van der Waals surface area (Å²) in [7, 11) is -3.44. The zero-order valence-corrected chi connectivity index (χ0v) is 14.7. The average Bonchev–Trinajstić information content (AvgIpc) is 2.98. The molecule has 2 aromatic rings. The fourth-order valence-corrected chi connectivity index (χ4v) is 3.67. The number of nitrogens with zero attached hydrogens (tertiary/aromatic N) is 2. The molecule has 1 amide bonds. The van der Waals surface area contributed by atoms with Crippen LogP contribution in [0.25, 0.3) is 0 Å². The highest BCUT2D eigenvalue weighted by atomic mass is 35.5. The summed E-state index contributed by atoms with van der Waals surface area (Å²) in [5.74, 6) is -0.188. The minimum atomic E-state index is -3.44. The van der Waals surface area contributed by atoms with Gasteiger partial charge < -0.3 is 4.74 Å². The second kappa shape index (κ2) is 7.24. The number of rotatable bonds is 6. The van der Waals surface area contributed by atoms with Crippen LogP contribution in [0.5, 0.6) is 5.75 Å². The Morgan fingerprint density at radius 2 is 2.09 bits per heavy atom. The second-order valence-corrected chi connectivity index (χ2v) is 8.29. The lowest BCUT2D eigenvalue weighted by Crippen LogP contribution is -2.30. The maximum absolute atomic E-state index is 12.1. The number of nitrogens with one attached hydrogen (secondary N) is 1. The molecule has 23 heavy (non-hydrogen) atoms. The molecule has 0 radical (unpaired) electrons. The number of carbonyl (C=O) groups excluding carboxylic acids is 1. The van der Waals surface area contributed by atoms with Gasteiger partial charge in [0, 0.05) is 0 Å². The molecule has 124 valence electrons. The predicted octanol–water partition coefficient (Wildman–Crippen LogP) is 2.39. The van der Waals surface area contributed by atoms with E-state index in [0.717, 1.165) is 11.3 Å². The molecule has 0 saturated carbocycles. The van der Waals surface area contributed by atoms with E-state index in [1.807, 2.05) is 0 Å². The maximum atomic E-state index is 12.1. The molecule has 7 nitrogen and oxygen atoms in total. The number of aromatic nitrogens is 2. The van der Waals surface area contributed by atoms with E-state index in [4.69, 9.17) is 16.3 Å². The molecule has 1 atom stereocenters. The van der Waals surface area contributed by atoms with E-state index in [1.165, 1.54) is 6.92 Å². The van der Waals surface area contributed by atoms with Crippen LogP contribution in [0.3, 0.4) is 0 Å². The van der Waals surface area contributed by atoms with E-state index in [0.29, 0.717) is 10.8 Å². The first-order valence-corrected chi connectivity index (χ1v) is 9.46. The van der Waals surface area contributed by atoms with Crippen LogP contribution in [0.1, 0.15) is 13.8 Å². The third-order valence-corrected chi connectivity index (χ3v) is 6.12. The molecule has 0 spiro atoms. The van der Waals surface area contributed by atoms with Gasteiger partial charge >= 0.3 is 0 Å². The fourth-order valence-electron chi connectivity index (χ4n) is 1.50. The molecule has 0 fully saturated rings. The fraction of sp³-hybridized carbons (Fsp3) is 0.308. The van der Waals surface area contributed by atoms with Crippen molar-refractivity contribution >= 4 is 43.8 Å². The topological polar surface area (TPSA) is 98.3 Å². The Balaban J connectivity index is 2.03. The van der Waals surface area contributed by atoms with Crippen molar-refractivity contribution in [1.29, 1.82) is 0 Å². The first-order valence-electron chi connectivity index (χ1n) is 6.62. The third-order valence-electron chi connectivity index (χ3n) is 2.79. The molecular weight excluding hydrogens is 362 g/mol. The van der Waals surface area contributed by atoms with Gasteiger partial charge in [-0.05, 0) is 19.1 Å². The highest BCUT2D eigenvalue weighted by molar-refractivity contribution is 7.93. The number of amides is 1. The first kappa shape index (κ1) is 17.6. The highest BCUT2D eigenvalue weighted by Crippen LogP contribution is 2.25. The highest BCUT2D eigenvalue weighted by Gasteiger charge is 2.21. The summed E-state index contributed by atoms with van der Waals surface area (Å²) in [6.07, 6.45) is -0.843. The molecule has 10 heteroatoms. The zero-order chi connectivity index (χ0) is 17.0. The van der Waals surface area contributed by atoms with Gasteiger partial charge in [0.15, 0.2) is 6.10 Å². The standard InChI is InChI=1S/C13H14ClN3O4S2/c1-3-23(19,20)13-17-16-12(22-13)15-11(18)8(2)21-10-7-5-4-6-9(10)14/h4-8H,3H2,1-2H3,(H,15,16,18)/t8-/m0/s1. The number of sulfone groups is 1. The summed E-state index contributed by atoms with van der Waals surface area (Å²) >= 11 is 6.75. The Morgan fingerprint density at radius 3 is 2.74 bits per heavy atom. The molecule has 2 rings (SSSR count). The summed E-state index contributed by atoms with van der Waals surface area (Å²) in [4.78, 5) is 12.1. The monoisotopic (exact) mass is 375 g/mol. The zero-order valence-electron chi connectivity index (χ0n) is 12.3. The van der Waals surface area contributed by atoms with Crippen LogP contribution in [-0.2, 0) is 14.6 Å². The largest absolute Gasteiger partial charge is 0.479 e. The first-order chi connectivity index (χ1) is 10.8. The molecule has 1 N–H and O–H groups in total. The van der Waals surface area contributed by atoms with E-state index < -0.39 is 21.8 Å². The van der Waals surface area contributed by atoms with Gasteiger partial charge in [0.2, 0.25) is 19.3 Å². The van der Waals surface area contributed by atoms with Crippen molar-refractivity contribution in [3.05, 3.63) is 29.3 Å². The Kier molecular flexibility index (Phi) is 5.55. The predicted molar refractivity (Wildman–Crippen MR) is 87.8 cm³/mol. The van der Waals surface area contributed by atoms with Crippen molar-refractivity contribution < 1.29 is 17.9 Å². The number of hydrogen-bond donors (Lipinski definition) is 1. The SMILES string of the molecule is CCS(=O)(=O)c1nnc(NC(=O)[C@H](C)Oc2ccccc2Cl)s1. The van der Waals surface area contributed by atoms with E-state index >= 15 is 0 Å². The smallest absolute Gasteiger partial charge is 0.266 e. The summed E-state index contributed by atoms with van der Waals surface area (Å²) in [6.45, 7) is 3.05. The molecule has 1 aromatic heterocycles. The van der Waals surface area contributed by atoms with E-state index in [9.17, 15) is 13.2 Å². The summed E-state index contributed by atoms with van der Waals surface area (Å²) in [5.41, 5.74) is 0. The summed E-state index contributed by atoms with van der Waals surface area (Å²) < 4.78 is 28.7. The van der Waals surface area contributed by atoms with Gasteiger partial charge in [0.05, 0.1) is 10.8 Å². The van der Waals surface area contributed by atoms with Crippen molar-refractivity contribution in [2.75, 3.05) is 11.1 Å². The van der Waals surface area contributed by atoms with Crippen LogP contribution in [0.2, 0.25) is 5.02 Å². The van der Waals surface area contributed by atoms with Crippen LogP contribution in [0.15, 0.2) is 28.6 Å². The maximum Gasteiger partial charge on any atom is 0.266 e. The number of hydrogen-bond acceptors (Lipinski definition) is 7. The second-order valence-electron chi connectivity index (χ2n) is 4.46. The number of halogens is 1. The minimum absolute atomic E-state index is 0.0817. The average molecular weight is 376 g/mol. The molecule has 0 saturated heterocycles. The number of benzene rings is 1. The van der Waals surface area contributed by atoms with E-state index in [-0.39, 0.29) is 15.2 Å². The summed E-state index contributed by atoms with van der Waals surface area (Å²) in [6, 6.07) is 6.77. The van der Waals surface area contributed by atoms with Crippen molar-refractivity contribution in [1.82, 2.24) is 10.2 Å². The molecule has 0 bridgehead atoms. The number of carbonyl (C=O) groups is 1. The van der Waals surface area contributed by atoms with Crippen LogP contribution >= 0.6 is 22.9 Å². The third kappa shape index (κ3) is 4.40. The molecule has 1 heterocycles. The quantitative estimate of drug-likeness (QED) is 0.778. The number of anilines is 1. The Bertz CT molecular complexity index is 807. The molecule has 0 unspecified atom stereocenters. The Labute approximate surface area is 142 Å². The van der Waals surface area contributed by atoms with Crippen molar-refractivity contribution in [3.8, 4) is 5.75 Å². The van der Waals surface area contributed by atoms with Crippen LogP contribution in [0.4, 0.5) is 5.13 Å². The lowest BCUT2D eigenvalue weighted by Gasteiger charge is -2.14. The van der Waals surface area contributed by atoms with Crippen molar-refractivity contribution in [3.63, 3.8) is 0 Å². The van der Waals surface area contributed by atoms with Crippen molar-refractivity contribution in [2.45, 2.75) is 24.3 Å². The minimum Gasteiger partial charge on any atom is -0.479 e. The van der Waals surface area contributed by atoms with Crippen LogP contribution in [0, 0.1) is 0 Å². The van der Waals surface area contributed by atoms with E-state index in [1.54, 1.807) is 31.2 Å². The Morgan fingerprint density at radius 1 is 1.39 bits per heavy atom. The molecular formula is C13H14ClN3O4S2. The normalized spacial score (nSPS) is 12.7. The van der Waals surface area contributed by atoms with Gasteiger partial charge in [0.25, 0.3) is 5.91 Å². The van der Waals surface area contributed by atoms with Gasteiger partial charge in [-0.25, -0.2) is 8.42 Å². The number of para-hydroxylation sites is 1. The van der Waals surface area contributed by atoms with E-state index in [2.05, 4.69) is 15.5 Å². The van der Waals surface area contributed by atoms with Gasteiger partial charge in [-0.15, -0.1) is 10.2 Å². The van der Waals surface area contributed by atoms with Crippen LogP contribution < -0.4 is 10.1 Å². The summed E-state index contributed by atoms with van der Waals surface area (Å²) in [5, 5.41) is 10.2. The Hall–Kier alpha value is -1.71. The molecule has 0 aliphatic carbocycles. The number of ether oxygens (including phenoxy) is 1. The lowest BCUT2D eigenvalue weighted by atomic mass is 10.3. The van der Waals surface area contributed by atoms with Gasteiger partial charge in [-0.2, -0.15) is 0 Å². The molecule has 1 aromatic carbocycles. The van der Waals surface area contributed by atoms with Gasteiger partial charge in [-0.3, -0.25) is 10.1 Å².